The van der Waals surface area contributed by atoms with Crippen molar-refractivity contribution in [3.63, 3.8) is 0 Å². The highest BCUT2D eigenvalue weighted by Gasteiger charge is 2.46. The lowest BCUT2D eigenvalue weighted by molar-refractivity contribution is -0.277. The summed E-state index contributed by atoms with van der Waals surface area (Å²) in [7, 11) is 0. The topological polar surface area (TPSA) is 399 Å². The number of aromatic amines is 1. The minimum absolute atomic E-state index is 0.0781. The van der Waals surface area contributed by atoms with Crippen molar-refractivity contribution >= 4 is 58.3 Å². The first-order chi connectivity index (χ1) is 30.7. The molecule has 346 valence electrons. The minimum Gasteiger partial charge on any atom is -0.460 e. The van der Waals surface area contributed by atoms with Crippen LogP contribution in [0, 0.1) is 0 Å². The molecular weight excluding hydrogens is 856 g/mol. The number of nitrogens with zero attached hydrogens (tertiary/aromatic N) is 4. The second-order valence-electron chi connectivity index (χ2n) is 14.5. The highest BCUT2D eigenvalue weighted by atomic mass is 16.7. The van der Waals surface area contributed by atoms with Crippen LogP contribution in [0.4, 0.5) is 16.3 Å². The summed E-state index contributed by atoms with van der Waals surface area (Å²) in [5.74, 6) is -3.15. The lowest BCUT2D eigenvalue weighted by Gasteiger charge is -2.42. The lowest BCUT2D eigenvalue weighted by Crippen LogP contribution is -2.66. The van der Waals surface area contributed by atoms with Gasteiger partial charge in [-0.15, -0.1) is 0 Å². The molecule has 2 fully saturated rings. The van der Waals surface area contributed by atoms with Crippen LogP contribution in [0.15, 0.2) is 43.0 Å². The largest absolute Gasteiger partial charge is 0.460 e. The zero-order valence-electron chi connectivity index (χ0n) is 33.5. The van der Waals surface area contributed by atoms with Gasteiger partial charge in [0.25, 0.3) is 11.8 Å². The molecule has 0 spiro atoms. The Hall–Kier alpha value is -6.43. The Morgan fingerprint density at radius 3 is 2.30 bits per heavy atom. The molecule has 27 nitrogen and oxygen atoms in total. The third-order valence-electron chi connectivity index (χ3n) is 10.1. The first kappa shape index (κ1) is 47.1. The van der Waals surface area contributed by atoms with E-state index < -0.39 is 123 Å². The number of aliphatic hydroxyl groups excluding tert-OH is 7. The monoisotopic (exact) mass is 902 g/mol. The Labute approximate surface area is 360 Å². The van der Waals surface area contributed by atoms with Crippen LogP contribution in [0.2, 0.25) is 0 Å². The van der Waals surface area contributed by atoms with Gasteiger partial charge in [-0.2, -0.15) is 0 Å². The van der Waals surface area contributed by atoms with Crippen LogP contribution in [-0.4, -0.2) is 190 Å². The van der Waals surface area contributed by atoms with Crippen molar-refractivity contribution in [2.24, 2.45) is 0 Å². The van der Waals surface area contributed by atoms with Gasteiger partial charge < -0.3 is 86.3 Å². The molecule has 64 heavy (non-hydrogen) atoms. The number of rotatable bonds is 18. The van der Waals surface area contributed by atoms with Crippen molar-refractivity contribution in [2.75, 3.05) is 43.5 Å². The van der Waals surface area contributed by atoms with Crippen LogP contribution in [0.1, 0.15) is 18.4 Å². The Kier molecular flexibility index (Phi) is 15.7. The maximum atomic E-state index is 13.0. The highest BCUT2D eigenvalue weighted by Crippen LogP contribution is 2.31. The number of imidazole rings is 1. The smallest absolute Gasteiger partial charge is 0.407 e. The van der Waals surface area contributed by atoms with Crippen LogP contribution < -0.4 is 31.3 Å². The number of H-pyrrole nitrogens is 1. The second kappa shape index (κ2) is 21.3. The number of nitrogens with one attached hydrogen (secondary N) is 6. The zero-order valence-corrected chi connectivity index (χ0v) is 33.5. The maximum Gasteiger partial charge on any atom is 0.407 e. The third-order valence-corrected chi connectivity index (χ3v) is 10.1. The molecule has 3 aliphatic heterocycles. The number of ether oxygens (including phenoxy) is 4. The summed E-state index contributed by atoms with van der Waals surface area (Å²) >= 11 is 0. The van der Waals surface area contributed by atoms with Crippen LogP contribution in [0.3, 0.4) is 0 Å². The molecule has 3 aliphatic rings. The average molecular weight is 903 g/mol. The number of hydrogen-bond donors (Lipinski definition) is 13. The van der Waals surface area contributed by atoms with E-state index >= 15 is 0 Å². The average Bonchev–Trinajstić information content (AvgIpc) is 3.90. The van der Waals surface area contributed by atoms with Gasteiger partial charge in [0.2, 0.25) is 24.0 Å². The molecule has 0 radical (unpaired) electrons. The molecule has 2 aromatic heterocycles. The molecule has 6 amide bonds. The molecule has 13 N–H and O–H groups in total. The first-order valence-electron chi connectivity index (χ1n) is 19.6. The fourth-order valence-corrected chi connectivity index (χ4v) is 6.66. The maximum absolute atomic E-state index is 13.0. The fourth-order valence-electron chi connectivity index (χ4n) is 6.66. The molecule has 5 heterocycles. The van der Waals surface area contributed by atoms with Gasteiger partial charge >= 0.3 is 6.09 Å². The van der Waals surface area contributed by atoms with E-state index in [2.05, 4.69) is 46.5 Å². The van der Waals surface area contributed by atoms with Gasteiger partial charge in [0.05, 0.1) is 31.3 Å². The van der Waals surface area contributed by atoms with Crippen molar-refractivity contribution in [1.82, 2.24) is 40.8 Å². The normalized spacial score (nSPS) is 26.6. The van der Waals surface area contributed by atoms with Gasteiger partial charge in [0, 0.05) is 38.1 Å². The second-order valence-corrected chi connectivity index (χ2v) is 14.5. The summed E-state index contributed by atoms with van der Waals surface area (Å²) in [6, 6.07) is 2.65. The molecule has 1 aromatic carbocycles. The standard InChI is InChI=1S/C37H46N10O17/c48-11-19-26(29(56)31(58)35(62-19)46-34-27-33(41-14-40-27)42-15-43-34)45-23(52)10-39-37(60)61-13-16-1-2-18(63-36-32(59)30(57)28(55)20(12-49)64-36)17(9-16)44-22(51)5-7-38-21(50)6-8-47-24(53)3-4-25(47)54/h1-4,9,14-15,19-20,26,28-32,35-36,48-49,55-59H,5-8,10-13H2,(H,38,50)(H,39,60)(H,44,51)(H,45,52)(H2,40,41,42,43,46)/t19-,20+,26-,28+,29+,30-,31-,32-,35-,36-/m0/s1. The van der Waals surface area contributed by atoms with Gasteiger partial charge in [0.15, 0.2) is 17.7 Å². The third kappa shape index (κ3) is 11.4. The predicted octanol–water partition coefficient (Wildman–Crippen LogP) is -5.45. The summed E-state index contributed by atoms with van der Waals surface area (Å²) < 4.78 is 22.1. The van der Waals surface area contributed by atoms with E-state index in [0.29, 0.717) is 11.2 Å². The quantitative estimate of drug-likeness (QED) is 0.0530. The number of anilines is 2. The lowest BCUT2D eigenvalue weighted by atomic mass is 9.95. The van der Waals surface area contributed by atoms with Crippen LogP contribution >= 0.6 is 0 Å². The Morgan fingerprint density at radius 2 is 1.56 bits per heavy atom. The SMILES string of the molecule is O=C(CCN1C(=O)C=CC1=O)NCCC(=O)Nc1cc(COC(=O)NCC(=O)N[C@@H]2[C@@H](O)[C@H](O)[C@@H](Nc3ncnc4nc[nH]c34)O[C@H]2CO)ccc1O[C@H]1O[C@H](CO)[C@@H](O)[C@H](O)[C@@H]1O. The van der Waals surface area contributed by atoms with E-state index in [1.165, 1.54) is 30.9 Å². The number of fused-ring (bicyclic) bond motifs is 1. The first-order valence-corrected chi connectivity index (χ1v) is 19.6. The zero-order chi connectivity index (χ0) is 46.1. The Bertz CT molecular complexity index is 2190. The number of alkyl carbamates (subject to hydrolysis) is 1. The van der Waals surface area contributed by atoms with E-state index in [0.717, 1.165) is 17.1 Å². The van der Waals surface area contributed by atoms with Gasteiger partial charge in [-0.25, -0.2) is 19.7 Å². The number of hydrogen-bond acceptors (Lipinski definition) is 21. The van der Waals surface area contributed by atoms with Crippen LogP contribution in [0.5, 0.6) is 5.75 Å². The number of amides is 6. The van der Waals surface area contributed by atoms with Gasteiger partial charge in [0.1, 0.15) is 73.5 Å². The van der Waals surface area contributed by atoms with Gasteiger partial charge in [-0.3, -0.25) is 28.9 Å². The number of imide groups is 1. The molecular formula is C37H46N10O17. The van der Waals surface area contributed by atoms with E-state index in [-0.39, 0.29) is 48.7 Å². The summed E-state index contributed by atoms with van der Waals surface area (Å²) in [6.45, 7) is -2.92. The molecule has 6 rings (SSSR count). The van der Waals surface area contributed by atoms with E-state index in [4.69, 9.17) is 18.9 Å². The van der Waals surface area contributed by atoms with E-state index in [1.54, 1.807) is 0 Å². The highest BCUT2D eigenvalue weighted by molar-refractivity contribution is 6.13. The van der Waals surface area contributed by atoms with E-state index in [9.17, 15) is 64.5 Å². The number of carbonyl (C=O) groups is 6. The molecule has 10 atom stereocenters. The summed E-state index contributed by atoms with van der Waals surface area (Å²) in [4.78, 5) is 90.0. The van der Waals surface area contributed by atoms with Gasteiger partial charge in [-0.1, -0.05) is 6.07 Å². The van der Waals surface area contributed by atoms with Crippen molar-refractivity contribution < 1.29 is 83.5 Å². The van der Waals surface area contributed by atoms with Crippen molar-refractivity contribution in [3.8, 4) is 5.75 Å². The molecule has 0 aliphatic carbocycles. The molecule has 3 aromatic rings. The number of benzene rings is 1. The minimum atomic E-state index is -1.81. The molecule has 0 bridgehead atoms. The fraction of sp³-hybridized carbons (Fsp3) is 0.486. The Morgan fingerprint density at radius 1 is 0.812 bits per heavy atom. The molecule has 0 saturated carbocycles. The summed E-state index contributed by atoms with van der Waals surface area (Å²) in [5.41, 5.74) is 0.857. The van der Waals surface area contributed by atoms with Gasteiger partial charge in [-0.05, 0) is 17.7 Å². The van der Waals surface area contributed by atoms with Crippen molar-refractivity contribution in [1.29, 1.82) is 0 Å². The summed E-state index contributed by atoms with van der Waals surface area (Å²) in [6.07, 6.45) is -10.9. The van der Waals surface area contributed by atoms with Crippen molar-refractivity contribution in [3.05, 3.63) is 48.6 Å². The number of aliphatic hydroxyl groups is 7. The van der Waals surface area contributed by atoms with Crippen LogP contribution in [0.25, 0.3) is 11.2 Å². The predicted molar refractivity (Wildman–Crippen MR) is 211 cm³/mol. The number of carbonyl (C=O) groups excluding carboxylic acids is 6. The van der Waals surface area contributed by atoms with Crippen molar-refractivity contribution in [2.45, 2.75) is 80.7 Å². The number of aromatic nitrogens is 4. The van der Waals surface area contributed by atoms with E-state index in [1.807, 2.05) is 0 Å². The Balaban J connectivity index is 1.02. The summed E-state index contributed by atoms with van der Waals surface area (Å²) in [5, 5.41) is 84.7. The molecule has 2 saturated heterocycles. The molecule has 27 heteroatoms. The van der Waals surface area contributed by atoms with Crippen LogP contribution in [-0.2, 0) is 44.8 Å². The molecule has 0 unspecified atom stereocenters.